The Balaban J connectivity index is 1.97. The highest BCUT2D eigenvalue weighted by Gasteiger charge is 2.41. The van der Waals surface area contributed by atoms with Gasteiger partial charge < -0.3 is 5.32 Å². The lowest BCUT2D eigenvalue weighted by Gasteiger charge is -2.31. The maximum Gasteiger partial charge on any atom is 0.393 e. The lowest BCUT2D eigenvalue weighted by atomic mass is 9.90. The number of rotatable bonds is 1. The van der Waals surface area contributed by atoms with Gasteiger partial charge in [-0.1, -0.05) is 29.8 Å². The van der Waals surface area contributed by atoms with E-state index in [2.05, 4.69) is 5.32 Å². The van der Waals surface area contributed by atoms with Crippen LogP contribution in [0.25, 0.3) is 0 Å². The molecule has 94 valence electrons. The zero-order valence-electron chi connectivity index (χ0n) is 9.72. The van der Waals surface area contributed by atoms with Crippen molar-refractivity contribution in [1.29, 1.82) is 0 Å². The molecular weight excluding hydrogens is 227 g/mol. The highest BCUT2D eigenvalue weighted by molar-refractivity contribution is 5.24. The van der Waals surface area contributed by atoms with E-state index in [1.807, 2.05) is 31.2 Å². The summed E-state index contributed by atoms with van der Waals surface area (Å²) in [7, 11) is 0. The van der Waals surface area contributed by atoms with E-state index in [-0.39, 0.29) is 19.0 Å². The molecule has 0 amide bonds. The average Bonchev–Trinajstić information content (AvgIpc) is 2.29. The summed E-state index contributed by atoms with van der Waals surface area (Å²) in [5, 5.41) is 2.99. The molecule has 1 fully saturated rings. The first-order valence-electron chi connectivity index (χ1n) is 5.83. The van der Waals surface area contributed by atoms with Gasteiger partial charge in [0.15, 0.2) is 0 Å². The highest BCUT2D eigenvalue weighted by Crippen LogP contribution is 2.35. The van der Waals surface area contributed by atoms with E-state index < -0.39 is 12.1 Å². The number of halogens is 3. The smallest absolute Gasteiger partial charge is 0.309 e. The van der Waals surface area contributed by atoms with Crippen LogP contribution in [0.3, 0.4) is 0 Å². The topological polar surface area (TPSA) is 12.0 Å². The molecule has 1 N–H and O–H groups in total. The summed E-state index contributed by atoms with van der Waals surface area (Å²) in [5.41, 5.74) is 2.24. The average molecular weight is 243 g/mol. The van der Waals surface area contributed by atoms with Crippen LogP contribution >= 0.6 is 0 Å². The van der Waals surface area contributed by atoms with Gasteiger partial charge in [0, 0.05) is 12.6 Å². The lowest BCUT2D eigenvalue weighted by molar-refractivity contribution is -0.179. The molecule has 2 atom stereocenters. The largest absolute Gasteiger partial charge is 0.393 e. The molecule has 0 saturated carbocycles. The first-order valence-corrected chi connectivity index (χ1v) is 5.83. The predicted octanol–water partition coefficient (Wildman–Crippen LogP) is 3.60. The van der Waals surface area contributed by atoms with Gasteiger partial charge in [-0.15, -0.1) is 0 Å². The molecular formula is C13H16F3N. The van der Waals surface area contributed by atoms with Gasteiger partial charge in [-0.25, -0.2) is 0 Å². The van der Waals surface area contributed by atoms with Crippen molar-refractivity contribution in [3.05, 3.63) is 35.4 Å². The number of piperidine rings is 1. The standard InChI is InChI=1S/C13H16F3N/c1-9-2-4-10(5-3-9)12-7-6-11(8-17-12)13(14,15)16/h2-5,11-12,17H,6-8H2,1H3. The normalized spacial score (nSPS) is 25.9. The molecule has 0 aromatic heterocycles. The van der Waals surface area contributed by atoms with E-state index >= 15 is 0 Å². The highest BCUT2D eigenvalue weighted by atomic mass is 19.4. The molecule has 17 heavy (non-hydrogen) atoms. The minimum absolute atomic E-state index is 0.0298. The molecule has 1 aliphatic heterocycles. The molecule has 0 radical (unpaired) electrons. The summed E-state index contributed by atoms with van der Waals surface area (Å²) in [5.74, 6) is -1.19. The fraction of sp³-hybridized carbons (Fsp3) is 0.538. The van der Waals surface area contributed by atoms with Crippen molar-refractivity contribution in [3.8, 4) is 0 Å². The molecule has 1 aromatic carbocycles. The molecule has 2 rings (SSSR count). The summed E-state index contributed by atoms with van der Waals surface area (Å²) in [4.78, 5) is 0. The Labute approximate surface area is 99.0 Å². The molecule has 0 bridgehead atoms. The number of aryl methyl sites for hydroxylation is 1. The second kappa shape index (κ2) is 4.69. The number of hydrogen-bond donors (Lipinski definition) is 1. The fourth-order valence-electron chi connectivity index (χ4n) is 2.22. The van der Waals surface area contributed by atoms with E-state index in [0.717, 1.165) is 11.1 Å². The maximum atomic E-state index is 12.5. The number of alkyl halides is 3. The van der Waals surface area contributed by atoms with Gasteiger partial charge in [-0.05, 0) is 25.3 Å². The second-order valence-electron chi connectivity index (χ2n) is 4.69. The van der Waals surface area contributed by atoms with E-state index in [1.165, 1.54) is 0 Å². The maximum absolute atomic E-state index is 12.5. The number of nitrogens with one attached hydrogen (secondary N) is 1. The third kappa shape index (κ3) is 3.00. The van der Waals surface area contributed by atoms with Gasteiger partial charge in [-0.3, -0.25) is 0 Å². The summed E-state index contributed by atoms with van der Waals surface area (Å²) in [6.45, 7) is 2.03. The van der Waals surface area contributed by atoms with Crippen LogP contribution in [0.15, 0.2) is 24.3 Å². The third-order valence-electron chi connectivity index (χ3n) is 3.36. The Bertz CT molecular complexity index is 361. The van der Waals surface area contributed by atoms with Crippen molar-refractivity contribution in [2.24, 2.45) is 5.92 Å². The first-order chi connectivity index (χ1) is 7.97. The van der Waals surface area contributed by atoms with Crippen LogP contribution in [0.4, 0.5) is 13.2 Å². The van der Waals surface area contributed by atoms with Gasteiger partial charge in [0.25, 0.3) is 0 Å². The summed E-state index contributed by atoms with van der Waals surface area (Å²) in [6, 6.07) is 8.02. The van der Waals surface area contributed by atoms with Crippen LogP contribution in [0.5, 0.6) is 0 Å². The third-order valence-corrected chi connectivity index (χ3v) is 3.36. The van der Waals surface area contributed by atoms with Crippen molar-refractivity contribution in [1.82, 2.24) is 5.32 Å². The van der Waals surface area contributed by atoms with Crippen LogP contribution in [0, 0.1) is 12.8 Å². The van der Waals surface area contributed by atoms with Gasteiger partial charge in [0.1, 0.15) is 0 Å². The van der Waals surface area contributed by atoms with Gasteiger partial charge in [0.2, 0.25) is 0 Å². The van der Waals surface area contributed by atoms with Crippen molar-refractivity contribution in [2.75, 3.05) is 6.54 Å². The molecule has 0 spiro atoms. The molecule has 1 saturated heterocycles. The Morgan fingerprint density at radius 3 is 2.24 bits per heavy atom. The van der Waals surface area contributed by atoms with E-state index in [4.69, 9.17) is 0 Å². The predicted molar refractivity (Wildman–Crippen MR) is 60.7 cm³/mol. The molecule has 1 aliphatic rings. The molecule has 1 nitrogen and oxygen atoms in total. The summed E-state index contributed by atoms with van der Waals surface area (Å²) < 4.78 is 37.5. The zero-order chi connectivity index (χ0) is 12.5. The van der Waals surface area contributed by atoms with Gasteiger partial charge >= 0.3 is 6.18 Å². The minimum Gasteiger partial charge on any atom is -0.309 e. The van der Waals surface area contributed by atoms with Crippen LogP contribution in [-0.4, -0.2) is 12.7 Å². The van der Waals surface area contributed by atoms with E-state index in [0.29, 0.717) is 6.42 Å². The summed E-state index contributed by atoms with van der Waals surface area (Å²) >= 11 is 0. The summed E-state index contributed by atoms with van der Waals surface area (Å²) in [6.07, 6.45) is -3.30. The molecule has 2 unspecified atom stereocenters. The zero-order valence-corrected chi connectivity index (χ0v) is 9.72. The molecule has 1 aromatic rings. The van der Waals surface area contributed by atoms with Crippen molar-refractivity contribution in [3.63, 3.8) is 0 Å². The molecule has 1 heterocycles. The SMILES string of the molecule is Cc1ccc(C2CCC(C(F)(F)F)CN2)cc1. The van der Waals surface area contributed by atoms with Gasteiger partial charge in [-0.2, -0.15) is 13.2 Å². The minimum atomic E-state index is -4.06. The molecule has 4 heteroatoms. The quantitative estimate of drug-likeness (QED) is 0.794. The number of hydrogen-bond acceptors (Lipinski definition) is 1. The van der Waals surface area contributed by atoms with Gasteiger partial charge in [0.05, 0.1) is 5.92 Å². The Morgan fingerprint density at radius 2 is 1.76 bits per heavy atom. The van der Waals surface area contributed by atoms with Crippen LogP contribution in [-0.2, 0) is 0 Å². The van der Waals surface area contributed by atoms with Crippen LogP contribution in [0.1, 0.15) is 30.0 Å². The Morgan fingerprint density at radius 1 is 1.12 bits per heavy atom. The Kier molecular flexibility index (Phi) is 3.43. The second-order valence-corrected chi connectivity index (χ2v) is 4.69. The van der Waals surface area contributed by atoms with Crippen molar-refractivity contribution < 1.29 is 13.2 Å². The van der Waals surface area contributed by atoms with E-state index in [1.54, 1.807) is 0 Å². The number of benzene rings is 1. The van der Waals surface area contributed by atoms with Crippen molar-refractivity contribution in [2.45, 2.75) is 32.0 Å². The monoisotopic (exact) mass is 243 g/mol. The first kappa shape index (κ1) is 12.4. The van der Waals surface area contributed by atoms with Crippen LogP contribution < -0.4 is 5.32 Å². The van der Waals surface area contributed by atoms with Crippen molar-refractivity contribution >= 4 is 0 Å². The van der Waals surface area contributed by atoms with E-state index in [9.17, 15) is 13.2 Å². The molecule has 0 aliphatic carbocycles. The van der Waals surface area contributed by atoms with Crippen LogP contribution in [0.2, 0.25) is 0 Å². The Hall–Kier alpha value is -1.03. The lowest BCUT2D eigenvalue weighted by Crippen LogP contribution is -2.40. The fourth-order valence-corrected chi connectivity index (χ4v) is 2.22.